The summed E-state index contributed by atoms with van der Waals surface area (Å²) in [6.07, 6.45) is 5.75. The largest absolute Gasteiger partial charge is 0.284 e. The Balaban J connectivity index is 2.03. The Morgan fingerprint density at radius 3 is 2.36 bits per heavy atom. The topological polar surface area (TPSA) is 64.8 Å². The van der Waals surface area contributed by atoms with Crippen LogP contribution in [0, 0.1) is 5.82 Å². The average molecular weight is 317 g/mol. The number of nitrogens with zero attached hydrogens (tertiary/aromatic N) is 3. The first-order valence-electron chi connectivity index (χ1n) is 6.41. The number of imidazole rings is 1. The minimum atomic E-state index is -3.28. The molecule has 0 bridgehead atoms. The van der Waals surface area contributed by atoms with Gasteiger partial charge in [-0.1, -0.05) is 0 Å². The number of rotatable bonds is 3. The van der Waals surface area contributed by atoms with Gasteiger partial charge in [0.2, 0.25) is 0 Å². The minimum Gasteiger partial charge on any atom is -0.284 e. The van der Waals surface area contributed by atoms with Gasteiger partial charge in [-0.15, -0.1) is 0 Å². The molecule has 0 spiro atoms. The molecular formula is C15H12FN3O2S. The maximum atomic E-state index is 13.0. The Labute approximate surface area is 127 Å². The highest BCUT2D eigenvalue weighted by Crippen LogP contribution is 2.21. The van der Waals surface area contributed by atoms with Crippen molar-refractivity contribution in [1.29, 1.82) is 0 Å². The fourth-order valence-electron chi connectivity index (χ4n) is 2.04. The number of benzene rings is 1. The van der Waals surface area contributed by atoms with Gasteiger partial charge in [-0.2, -0.15) is 0 Å². The van der Waals surface area contributed by atoms with Gasteiger partial charge in [0.15, 0.2) is 9.84 Å². The second-order valence-electron chi connectivity index (χ2n) is 4.75. The normalized spacial score (nSPS) is 11.5. The van der Waals surface area contributed by atoms with E-state index in [4.69, 9.17) is 0 Å². The van der Waals surface area contributed by atoms with E-state index < -0.39 is 9.84 Å². The average Bonchev–Trinajstić information content (AvgIpc) is 2.97. The molecule has 112 valence electrons. The molecule has 2 heterocycles. The lowest BCUT2D eigenvalue weighted by Gasteiger charge is -2.07. The summed E-state index contributed by atoms with van der Waals surface area (Å²) in [6, 6.07) is 9.05. The molecule has 0 radical (unpaired) electrons. The first-order chi connectivity index (χ1) is 10.4. The highest BCUT2D eigenvalue weighted by Gasteiger charge is 2.11. The van der Waals surface area contributed by atoms with Gasteiger partial charge < -0.3 is 0 Å². The number of hydrogen-bond donors (Lipinski definition) is 0. The van der Waals surface area contributed by atoms with Crippen molar-refractivity contribution in [2.45, 2.75) is 4.90 Å². The zero-order valence-corrected chi connectivity index (χ0v) is 12.5. The van der Waals surface area contributed by atoms with E-state index in [2.05, 4.69) is 9.97 Å². The quantitative estimate of drug-likeness (QED) is 0.744. The van der Waals surface area contributed by atoms with E-state index in [9.17, 15) is 12.8 Å². The van der Waals surface area contributed by atoms with Crippen molar-refractivity contribution in [3.63, 3.8) is 0 Å². The molecule has 22 heavy (non-hydrogen) atoms. The molecule has 0 N–H and O–H groups in total. The molecule has 0 unspecified atom stereocenters. The van der Waals surface area contributed by atoms with Crippen molar-refractivity contribution < 1.29 is 12.8 Å². The third-order valence-corrected chi connectivity index (χ3v) is 4.24. The van der Waals surface area contributed by atoms with E-state index in [0.29, 0.717) is 11.6 Å². The van der Waals surface area contributed by atoms with Crippen LogP contribution >= 0.6 is 0 Å². The van der Waals surface area contributed by atoms with Gasteiger partial charge in [0.25, 0.3) is 0 Å². The second kappa shape index (κ2) is 5.34. The Morgan fingerprint density at radius 2 is 1.77 bits per heavy atom. The summed E-state index contributed by atoms with van der Waals surface area (Å²) >= 11 is 0. The van der Waals surface area contributed by atoms with Gasteiger partial charge in [0.05, 0.1) is 4.90 Å². The molecular weight excluding hydrogens is 305 g/mol. The van der Waals surface area contributed by atoms with Crippen LogP contribution in [0.15, 0.2) is 59.9 Å². The highest BCUT2D eigenvalue weighted by molar-refractivity contribution is 7.90. The zero-order valence-electron chi connectivity index (χ0n) is 11.6. The molecule has 5 nitrogen and oxygen atoms in total. The fraction of sp³-hybridized carbons (Fsp3) is 0.0667. The maximum absolute atomic E-state index is 13.0. The fourth-order valence-corrected chi connectivity index (χ4v) is 2.59. The van der Waals surface area contributed by atoms with Crippen molar-refractivity contribution in [1.82, 2.24) is 14.5 Å². The Morgan fingerprint density at radius 1 is 1.05 bits per heavy atom. The predicted molar refractivity (Wildman–Crippen MR) is 79.9 cm³/mol. The minimum absolute atomic E-state index is 0.152. The summed E-state index contributed by atoms with van der Waals surface area (Å²) in [5, 5.41) is 0. The van der Waals surface area contributed by atoms with E-state index in [1.807, 2.05) is 0 Å². The summed E-state index contributed by atoms with van der Waals surface area (Å²) in [7, 11) is -3.28. The van der Waals surface area contributed by atoms with Gasteiger partial charge in [-0.25, -0.2) is 22.8 Å². The number of aromatic nitrogens is 3. The van der Waals surface area contributed by atoms with E-state index >= 15 is 0 Å². The third kappa shape index (κ3) is 2.75. The van der Waals surface area contributed by atoms with E-state index in [0.717, 1.165) is 11.8 Å². The van der Waals surface area contributed by atoms with Crippen molar-refractivity contribution in [3.05, 3.63) is 60.8 Å². The summed E-state index contributed by atoms with van der Waals surface area (Å²) < 4.78 is 37.6. The Bertz CT molecular complexity index is 901. The SMILES string of the molecule is CS(=O)(=O)c1ccc(-n2ccnc2-c2ccc(F)cc2)nc1. The number of halogens is 1. The molecule has 0 amide bonds. The van der Waals surface area contributed by atoms with Gasteiger partial charge in [-0.05, 0) is 36.4 Å². The monoisotopic (exact) mass is 317 g/mol. The van der Waals surface area contributed by atoms with E-state index in [1.165, 1.54) is 24.4 Å². The Hall–Kier alpha value is -2.54. The van der Waals surface area contributed by atoms with Crippen LogP contribution < -0.4 is 0 Å². The third-order valence-electron chi connectivity index (χ3n) is 3.14. The summed E-state index contributed by atoms with van der Waals surface area (Å²) in [5.41, 5.74) is 0.736. The van der Waals surface area contributed by atoms with Crippen LogP contribution in [0.3, 0.4) is 0 Å². The standard InChI is InChI=1S/C15H12FN3O2S/c1-22(20,21)13-6-7-14(18-10-13)19-9-8-17-15(19)11-2-4-12(16)5-3-11/h2-10H,1H3. The van der Waals surface area contributed by atoms with Gasteiger partial charge >= 0.3 is 0 Å². The summed E-state index contributed by atoms with van der Waals surface area (Å²) in [4.78, 5) is 8.56. The molecule has 0 aliphatic carbocycles. The second-order valence-corrected chi connectivity index (χ2v) is 6.77. The van der Waals surface area contributed by atoms with Crippen molar-refractivity contribution in [3.8, 4) is 17.2 Å². The lowest BCUT2D eigenvalue weighted by Crippen LogP contribution is -2.02. The van der Waals surface area contributed by atoms with Crippen molar-refractivity contribution in [2.24, 2.45) is 0 Å². The molecule has 0 aliphatic rings. The molecule has 1 aromatic carbocycles. The molecule has 0 saturated heterocycles. The van der Waals surface area contributed by atoms with Crippen LogP contribution in [0.4, 0.5) is 4.39 Å². The van der Waals surface area contributed by atoms with E-state index in [-0.39, 0.29) is 10.7 Å². The van der Waals surface area contributed by atoms with Crippen LogP contribution in [-0.2, 0) is 9.84 Å². The van der Waals surface area contributed by atoms with Gasteiger partial charge in [0.1, 0.15) is 17.5 Å². The van der Waals surface area contributed by atoms with Crippen molar-refractivity contribution in [2.75, 3.05) is 6.26 Å². The number of pyridine rings is 1. The number of hydrogen-bond acceptors (Lipinski definition) is 4. The predicted octanol–water partition coefficient (Wildman–Crippen LogP) is 2.48. The molecule has 0 saturated carbocycles. The summed E-state index contributed by atoms with van der Waals surface area (Å²) in [6.45, 7) is 0. The molecule has 0 aliphatic heterocycles. The van der Waals surface area contributed by atoms with Crippen LogP contribution in [0.5, 0.6) is 0 Å². The van der Waals surface area contributed by atoms with Crippen LogP contribution in [0.2, 0.25) is 0 Å². The van der Waals surface area contributed by atoms with Gasteiger partial charge in [-0.3, -0.25) is 4.57 Å². The van der Waals surface area contributed by atoms with Crippen LogP contribution in [-0.4, -0.2) is 29.2 Å². The molecule has 0 fully saturated rings. The van der Waals surface area contributed by atoms with E-state index in [1.54, 1.807) is 35.2 Å². The molecule has 3 rings (SSSR count). The lowest BCUT2D eigenvalue weighted by molar-refractivity contribution is 0.601. The first-order valence-corrected chi connectivity index (χ1v) is 8.30. The smallest absolute Gasteiger partial charge is 0.177 e. The van der Waals surface area contributed by atoms with Crippen molar-refractivity contribution >= 4 is 9.84 Å². The zero-order chi connectivity index (χ0) is 15.7. The maximum Gasteiger partial charge on any atom is 0.177 e. The highest BCUT2D eigenvalue weighted by atomic mass is 32.2. The molecule has 3 aromatic rings. The first kappa shape index (κ1) is 14.4. The molecule has 7 heteroatoms. The lowest BCUT2D eigenvalue weighted by atomic mass is 10.2. The van der Waals surface area contributed by atoms with Crippen LogP contribution in [0.1, 0.15) is 0 Å². The number of sulfone groups is 1. The molecule has 0 atom stereocenters. The van der Waals surface area contributed by atoms with Gasteiger partial charge in [0, 0.05) is 30.4 Å². The Kier molecular flexibility index (Phi) is 3.50. The van der Waals surface area contributed by atoms with Crippen LogP contribution in [0.25, 0.3) is 17.2 Å². The molecule has 2 aromatic heterocycles. The summed E-state index contributed by atoms with van der Waals surface area (Å²) in [5.74, 6) is 0.807.